The van der Waals surface area contributed by atoms with Crippen molar-refractivity contribution < 1.29 is 9.53 Å². The van der Waals surface area contributed by atoms with Crippen molar-refractivity contribution in [2.75, 3.05) is 26.7 Å². The van der Waals surface area contributed by atoms with E-state index in [0.717, 1.165) is 43.8 Å². The van der Waals surface area contributed by atoms with Crippen molar-refractivity contribution in [3.8, 4) is 5.75 Å². The van der Waals surface area contributed by atoms with Gasteiger partial charge in [-0.2, -0.15) is 0 Å². The molecule has 0 aliphatic carbocycles. The maximum Gasteiger partial charge on any atom is 0.223 e. The molecule has 1 aromatic carbocycles. The molecule has 1 N–H and O–H groups in total. The highest BCUT2D eigenvalue weighted by atomic mass is 35.5. The van der Waals surface area contributed by atoms with Crippen LogP contribution in [-0.4, -0.2) is 37.6 Å². The number of nitrogens with one attached hydrogen (secondary N) is 1. The van der Waals surface area contributed by atoms with Gasteiger partial charge in [0.15, 0.2) is 0 Å². The zero-order chi connectivity index (χ0) is 18.5. The monoisotopic (exact) mass is 408 g/mol. The largest absolute Gasteiger partial charge is 0.496 e. The number of hydrogen-bond donors (Lipinski definition) is 1. The lowest BCUT2D eigenvalue weighted by Gasteiger charge is -2.37. The minimum Gasteiger partial charge on any atom is -0.496 e. The van der Waals surface area contributed by atoms with Crippen molar-refractivity contribution in [1.82, 2.24) is 10.2 Å². The predicted octanol–water partition coefficient (Wildman–Crippen LogP) is 4.29. The summed E-state index contributed by atoms with van der Waals surface area (Å²) in [5.41, 5.74) is 2.47. The smallest absolute Gasteiger partial charge is 0.223 e. The number of carbonyl (C=O) groups is 1. The van der Waals surface area contributed by atoms with Gasteiger partial charge in [0.25, 0.3) is 0 Å². The zero-order valence-corrected chi connectivity index (χ0v) is 17.9. The number of methoxy groups -OCH3 is 1. The number of thiophene rings is 1. The normalized spacial score (nSPS) is 16.7. The first-order chi connectivity index (χ1) is 12.6. The van der Waals surface area contributed by atoms with Gasteiger partial charge in [-0.25, -0.2) is 0 Å². The second-order valence-corrected chi connectivity index (χ2v) is 8.30. The molecular formula is C21H29ClN2O2S. The third-order valence-corrected chi connectivity index (χ3v) is 6.05. The van der Waals surface area contributed by atoms with Gasteiger partial charge in [0.1, 0.15) is 5.75 Å². The Hall–Kier alpha value is -1.56. The first kappa shape index (κ1) is 21.7. The van der Waals surface area contributed by atoms with Crippen LogP contribution < -0.4 is 10.1 Å². The average Bonchev–Trinajstić information content (AvgIpc) is 2.98. The molecule has 27 heavy (non-hydrogen) atoms. The molecule has 0 saturated carbocycles. The Kier molecular flexibility index (Phi) is 8.14. The molecule has 1 amide bonds. The average molecular weight is 409 g/mol. The van der Waals surface area contributed by atoms with Gasteiger partial charge in [-0.05, 0) is 44.4 Å². The number of para-hydroxylation sites is 1. The number of aryl methyl sites for hydroxylation is 3. The first-order valence-electron chi connectivity index (χ1n) is 9.29. The van der Waals surface area contributed by atoms with Crippen LogP contribution in [0.15, 0.2) is 30.3 Å². The minimum absolute atomic E-state index is 0. The number of amides is 1. The Morgan fingerprint density at radius 2 is 2.11 bits per heavy atom. The molecule has 148 valence electrons. The van der Waals surface area contributed by atoms with Gasteiger partial charge in [0.2, 0.25) is 5.91 Å². The van der Waals surface area contributed by atoms with Crippen LogP contribution in [0.2, 0.25) is 0 Å². The minimum atomic E-state index is 0. The molecule has 4 nitrogen and oxygen atoms in total. The summed E-state index contributed by atoms with van der Waals surface area (Å²) in [6, 6.07) is 10.3. The molecule has 0 spiro atoms. The standard InChI is InChI=1S/C21H28N2O2S.ClH/c1-15-13-17(16(2)26-15)7-6-10-21(24)23-12-11-22-14-19(23)18-8-4-5-9-20(18)25-3;/h4-5,8-9,13,19,22H,6-7,10-12,14H2,1-3H3;1H. The summed E-state index contributed by atoms with van der Waals surface area (Å²) in [6.45, 7) is 6.68. The molecule has 1 aromatic heterocycles. The van der Waals surface area contributed by atoms with E-state index in [4.69, 9.17) is 4.74 Å². The third-order valence-electron chi connectivity index (χ3n) is 5.04. The fourth-order valence-electron chi connectivity index (χ4n) is 3.73. The number of rotatable bonds is 6. The molecule has 2 aromatic rings. The number of benzene rings is 1. The third kappa shape index (κ3) is 5.24. The van der Waals surface area contributed by atoms with Crippen molar-refractivity contribution in [2.24, 2.45) is 0 Å². The molecule has 1 saturated heterocycles. The number of hydrogen-bond acceptors (Lipinski definition) is 4. The van der Waals surface area contributed by atoms with E-state index >= 15 is 0 Å². The van der Waals surface area contributed by atoms with Crippen LogP contribution in [0, 0.1) is 13.8 Å². The molecule has 3 rings (SSSR count). The van der Waals surface area contributed by atoms with Crippen LogP contribution in [0.5, 0.6) is 5.75 Å². The van der Waals surface area contributed by atoms with Gasteiger partial charge in [0, 0.05) is 41.4 Å². The highest BCUT2D eigenvalue weighted by molar-refractivity contribution is 7.12. The molecule has 0 bridgehead atoms. The SMILES string of the molecule is COc1ccccc1C1CNCCN1C(=O)CCCc1cc(C)sc1C.Cl. The number of carbonyl (C=O) groups excluding carboxylic acids is 1. The van der Waals surface area contributed by atoms with E-state index in [1.165, 1.54) is 15.3 Å². The lowest BCUT2D eigenvalue weighted by Crippen LogP contribution is -2.48. The lowest BCUT2D eigenvalue weighted by atomic mass is 10.0. The van der Waals surface area contributed by atoms with E-state index in [2.05, 4.69) is 31.3 Å². The molecule has 1 unspecified atom stereocenters. The molecule has 2 heterocycles. The molecule has 0 radical (unpaired) electrons. The molecule has 6 heteroatoms. The maximum absolute atomic E-state index is 12.9. The first-order valence-corrected chi connectivity index (χ1v) is 10.1. The van der Waals surface area contributed by atoms with Crippen molar-refractivity contribution in [2.45, 2.75) is 39.2 Å². The Morgan fingerprint density at radius 3 is 2.81 bits per heavy atom. The van der Waals surface area contributed by atoms with Gasteiger partial charge >= 0.3 is 0 Å². The zero-order valence-electron chi connectivity index (χ0n) is 16.3. The van der Waals surface area contributed by atoms with Gasteiger partial charge < -0.3 is 15.0 Å². The van der Waals surface area contributed by atoms with E-state index < -0.39 is 0 Å². The van der Waals surface area contributed by atoms with E-state index in [0.29, 0.717) is 6.42 Å². The van der Waals surface area contributed by atoms with Crippen LogP contribution in [0.3, 0.4) is 0 Å². The summed E-state index contributed by atoms with van der Waals surface area (Å²) < 4.78 is 5.52. The molecule has 1 fully saturated rings. The van der Waals surface area contributed by atoms with E-state index in [9.17, 15) is 4.79 Å². The van der Waals surface area contributed by atoms with Crippen LogP contribution >= 0.6 is 23.7 Å². The Balaban J connectivity index is 0.00000261. The maximum atomic E-state index is 12.9. The van der Waals surface area contributed by atoms with Crippen LogP contribution in [0.25, 0.3) is 0 Å². The van der Waals surface area contributed by atoms with E-state index in [1.807, 2.05) is 34.4 Å². The van der Waals surface area contributed by atoms with Crippen LogP contribution in [0.4, 0.5) is 0 Å². The Labute approximate surface area is 172 Å². The summed E-state index contributed by atoms with van der Waals surface area (Å²) in [5.74, 6) is 1.09. The fourth-order valence-corrected chi connectivity index (χ4v) is 4.70. The number of nitrogens with zero attached hydrogens (tertiary/aromatic N) is 1. The highest BCUT2D eigenvalue weighted by Gasteiger charge is 2.29. The Morgan fingerprint density at radius 1 is 1.33 bits per heavy atom. The number of ether oxygens (including phenoxy) is 1. The van der Waals surface area contributed by atoms with Crippen molar-refractivity contribution in [3.63, 3.8) is 0 Å². The highest BCUT2D eigenvalue weighted by Crippen LogP contribution is 2.31. The summed E-state index contributed by atoms with van der Waals surface area (Å²) in [5, 5.41) is 3.41. The predicted molar refractivity (Wildman–Crippen MR) is 114 cm³/mol. The molecular weight excluding hydrogens is 380 g/mol. The van der Waals surface area contributed by atoms with Crippen LogP contribution in [0.1, 0.15) is 39.8 Å². The lowest BCUT2D eigenvalue weighted by molar-refractivity contribution is -0.134. The van der Waals surface area contributed by atoms with Gasteiger partial charge in [-0.15, -0.1) is 23.7 Å². The second kappa shape index (κ2) is 10.1. The number of piperazine rings is 1. The topological polar surface area (TPSA) is 41.6 Å². The van der Waals surface area contributed by atoms with Crippen molar-refractivity contribution in [3.05, 3.63) is 51.2 Å². The van der Waals surface area contributed by atoms with Gasteiger partial charge in [0.05, 0.1) is 13.2 Å². The van der Waals surface area contributed by atoms with Crippen molar-refractivity contribution in [1.29, 1.82) is 0 Å². The van der Waals surface area contributed by atoms with Crippen LogP contribution in [-0.2, 0) is 11.2 Å². The van der Waals surface area contributed by atoms with Gasteiger partial charge in [-0.1, -0.05) is 18.2 Å². The summed E-state index contributed by atoms with van der Waals surface area (Å²) in [7, 11) is 1.69. The molecule has 1 atom stereocenters. The number of halogens is 1. The molecule has 1 aliphatic heterocycles. The second-order valence-electron chi connectivity index (χ2n) is 6.84. The Bertz CT molecular complexity index is 762. The van der Waals surface area contributed by atoms with Gasteiger partial charge in [-0.3, -0.25) is 4.79 Å². The summed E-state index contributed by atoms with van der Waals surface area (Å²) in [4.78, 5) is 17.7. The van der Waals surface area contributed by atoms with Crippen molar-refractivity contribution >= 4 is 29.7 Å². The molecule has 1 aliphatic rings. The fraction of sp³-hybridized carbons (Fsp3) is 0.476. The quantitative estimate of drug-likeness (QED) is 0.775. The van der Waals surface area contributed by atoms with E-state index in [-0.39, 0.29) is 24.4 Å². The summed E-state index contributed by atoms with van der Waals surface area (Å²) >= 11 is 1.84. The van der Waals surface area contributed by atoms with E-state index in [1.54, 1.807) is 7.11 Å². The summed E-state index contributed by atoms with van der Waals surface area (Å²) in [6.07, 6.45) is 2.48.